The van der Waals surface area contributed by atoms with Gasteiger partial charge in [-0.05, 0) is 32.1 Å². The van der Waals surface area contributed by atoms with Crippen LogP contribution in [0.3, 0.4) is 0 Å². The summed E-state index contributed by atoms with van der Waals surface area (Å²) in [5.74, 6) is 1.23. The minimum Gasteiger partial charge on any atom is -0.316 e. The first-order valence-corrected chi connectivity index (χ1v) is 6.11. The third-order valence-corrected chi connectivity index (χ3v) is 2.36. The second-order valence-electron chi connectivity index (χ2n) is 2.88. The number of unbranched alkanes of at least 4 members (excludes halogenated alkanes) is 3. The van der Waals surface area contributed by atoms with Crippen LogP contribution in [-0.4, -0.2) is 25.1 Å². The summed E-state index contributed by atoms with van der Waals surface area (Å²) >= 11 is 1.90. The summed E-state index contributed by atoms with van der Waals surface area (Å²) in [5.41, 5.74) is 0. The smallest absolute Gasteiger partial charge is 0.00553 e. The van der Waals surface area contributed by atoms with Crippen LogP contribution in [0.2, 0.25) is 0 Å². The van der Waals surface area contributed by atoms with E-state index in [9.17, 15) is 0 Å². The summed E-state index contributed by atoms with van der Waals surface area (Å²) in [6, 6.07) is 0. The summed E-state index contributed by atoms with van der Waals surface area (Å²) in [6.45, 7) is 6.03. The predicted molar refractivity (Wildman–Crippen MR) is 59.9 cm³/mol. The van der Waals surface area contributed by atoms with Crippen LogP contribution in [-0.2, 0) is 0 Å². The zero-order chi connectivity index (χ0) is 9.07. The highest BCUT2D eigenvalue weighted by Crippen LogP contribution is 1.98. The molecule has 1 nitrogen and oxygen atoms in total. The van der Waals surface area contributed by atoms with E-state index in [0.29, 0.717) is 0 Å². The third-order valence-electron chi connectivity index (χ3n) is 1.74. The van der Waals surface area contributed by atoms with Gasteiger partial charge in [-0.15, -0.1) is 6.58 Å². The zero-order valence-electron chi connectivity index (χ0n) is 8.14. The molecule has 0 radical (unpaired) electrons. The van der Waals surface area contributed by atoms with Crippen LogP contribution in [0.25, 0.3) is 0 Å². The number of thioether (sulfide) groups is 1. The zero-order valence-corrected chi connectivity index (χ0v) is 8.96. The number of hydrogen-bond donors (Lipinski definition) is 1. The Morgan fingerprint density at radius 3 is 2.75 bits per heavy atom. The van der Waals surface area contributed by atoms with Crippen molar-refractivity contribution in [1.29, 1.82) is 0 Å². The first-order chi connectivity index (χ1) is 5.91. The molecular weight excluding hydrogens is 166 g/mol. The molecule has 0 aliphatic rings. The van der Waals surface area contributed by atoms with Crippen molar-refractivity contribution < 1.29 is 0 Å². The average molecular weight is 187 g/mol. The lowest BCUT2D eigenvalue weighted by atomic mass is 10.2. The number of rotatable bonds is 9. The molecule has 0 atom stereocenters. The minimum atomic E-state index is 1.16. The lowest BCUT2D eigenvalue weighted by Gasteiger charge is -2.02. The van der Waals surface area contributed by atoms with Crippen LogP contribution in [0.1, 0.15) is 25.7 Å². The third kappa shape index (κ3) is 10.0. The highest BCUT2D eigenvalue weighted by Gasteiger charge is 1.87. The minimum absolute atomic E-state index is 1.16. The van der Waals surface area contributed by atoms with Gasteiger partial charge in [-0.3, -0.25) is 0 Å². The maximum absolute atomic E-state index is 3.70. The summed E-state index contributed by atoms with van der Waals surface area (Å²) in [4.78, 5) is 0. The molecule has 0 aliphatic heterocycles. The number of allylic oxidation sites excluding steroid dienone is 1. The quantitative estimate of drug-likeness (QED) is 0.440. The Hall–Kier alpha value is 0.0500. The topological polar surface area (TPSA) is 12.0 Å². The maximum Gasteiger partial charge on any atom is 0.00553 e. The lowest BCUT2D eigenvalue weighted by molar-refractivity contribution is 0.622. The molecule has 72 valence electrons. The molecule has 0 fully saturated rings. The van der Waals surface area contributed by atoms with Gasteiger partial charge in [0.1, 0.15) is 0 Å². The van der Waals surface area contributed by atoms with Gasteiger partial charge in [-0.25, -0.2) is 0 Å². The molecule has 0 bridgehead atoms. The van der Waals surface area contributed by atoms with Gasteiger partial charge in [0.05, 0.1) is 0 Å². The van der Waals surface area contributed by atoms with Gasteiger partial charge < -0.3 is 5.32 Å². The van der Waals surface area contributed by atoms with Crippen molar-refractivity contribution >= 4 is 11.8 Å². The van der Waals surface area contributed by atoms with E-state index >= 15 is 0 Å². The van der Waals surface area contributed by atoms with E-state index in [1.54, 1.807) is 0 Å². The standard InChI is InChI=1S/C10H21NS/c1-3-4-5-6-7-8-11-9-10-12-2/h3,11H,1,4-10H2,2H3. The summed E-state index contributed by atoms with van der Waals surface area (Å²) < 4.78 is 0. The number of nitrogens with one attached hydrogen (secondary N) is 1. The van der Waals surface area contributed by atoms with E-state index in [1.165, 1.54) is 38.0 Å². The Balaban J connectivity index is 2.77. The van der Waals surface area contributed by atoms with E-state index in [0.717, 1.165) is 6.54 Å². The van der Waals surface area contributed by atoms with Crippen molar-refractivity contribution in [1.82, 2.24) is 5.32 Å². The average Bonchev–Trinajstić information content (AvgIpc) is 2.10. The molecule has 0 aromatic carbocycles. The molecule has 0 rings (SSSR count). The van der Waals surface area contributed by atoms with E-state index < -0.39 is 0 Å². The Labute approximate surface area is 81.0 Å². The van der Waals surface area contributed by atoms with Gasteiger partial charge in [0.25, 0.3) is 0 Å². The van der Waals surface area contributed by atoms with Crippen molar-refractivity contribution in [3.05, 3.63) is 12.7 Å². The largest absolute Gasteiger partial charge is 0.316 e. The van der Waals surface area contributed by atoms with Crippen molar-refractivity contribution in [3.63, 3.8) is 0 Å². The normalized spacial score (nSPS) is 10.1. The van der Waals surface area contributed by atoms with Gasteiger partial charge >= 0.3 is 0 Å². The Kier molecular flexibility index (Phi) is 11.1. The first-order valence-electron chi connectivity index (χ1n) is 4.72. The van der Waals surface area contributed by atoms with Gasteiger partial charge in [-0.2, -0.15) is 11.8 Å². The monoisotopic (exact) mass is 187 g/mol. The molecule has 1 N–H and O–H groups in total. The molecule has 0 heterocycles. The van der Waals surface area contributed by atoms with E-state index in [1.807, 2.05) is 17.8 Å². The summed E-state index contributed by atoms with van der Waals surface area (Å²) in [5, 5.41) is 3.42. The fourth-order valence-corrected chi connectivity index (χ4v) is 1.36. The Morgan fingerprint density at radius 1 is 1.25 bits per heavy atom. The molecule has 12 heavy (non-hydrogen) atoms. The van der Waals surface area contributed by atoms with Crippen molar-refractivity contribution in [2.24, 2.45) is 0 Å². The summed E-state index contributed by atoms with van der Waals surface area (Å²) in [6.07, 6.45) is 9.26. The van der Waals surface area contributed by atoms with Crippen LogP contribution in [0.5, 0.6) is 0 Å². The fourth-order valence-electron chi connectivity index (χ4n) is 1.01. The first kappa shape index (κ1) is 12.0. The molecular formula is C10H21NS. The highest BCUT2D eigenvalue weighted by atomic mass is 32.2. The highest BCUT2D eigenvalue weighted by molar-refractivity contribution is 7.98. The van der Waals surface area contributed by atoms with E-state index in [4.69, 9.17) is 0 Å². The van der Waals surface area contributed by atoms with Gasteiger partial charge in [0, 0.05) is 12.3 Å². The molecule has 0 unspecified atom stereocenters. The van der Waals surface area contributed by atoms with Gasteiger partial charge in [0.15, 0.2) is 0 Å². The van der Waals surface area contributed by atoms with E-state index in [2.05, 4.69) is 18.2 Å². The Morgan fingerprint density at radius 2 is 2.08 bits per heavy atom. The van der Waals surface area contributed by atoms with Crippen LogP contribution in [0.4, 0.5) is 0 Å². The van der Waals surface area contributed by atoms with Crippen LogP contribution >= 0.6 is 11.8 Å². The van der Waals surface area contributed by atoms with Crippen molar-refractivity contribution in [2.75, 3.05) is 25.1 Å². The molecule has 0 amide bonds. The van der Waals surface area contributed by atoms with Gasteiger partial charge in [-0.1, -0.05) is 12.5 Å². The van der Waals surface area contributed by atoms with Gasteiger partial charge in [0.2, 0.25) is 0 Å². The van der Waals surface area contributed by atoms with E-state index in [-0.39, 0.29) is 0 Å². The number of hydrogen-bond acceptors (Lipinski definition) is 2. The van der Waals surface area contributed by atoms with Crippen molar-refractivity contribution in [2.45, 2.75) is 25.7 Å². The Bertz CT molecular complexity index is 93.8. The molecule has 0 saturated heterocycles. The molecule has 0 saturated carbocycles. The van der Waals surface area contributed by atoms with Crippen LogP contribution in [0.15, 0.2) is 12.7 Å². The van der Waals surface area contributed by atoms with Crippen molar-refractivity contribution in [3.8, 4) is 0 Å². The SMILES string of the molecule is C=CCCCCCNCCSC. The molecule has 2 heteroatoms. The molecule has 0 aromatic rings. The molecule has 0 spiro atoms. The molecule has 0 aromatic heterocycles. The predicted octanol–water partition coefficient (Wildman–Crippen LogP) is 2.69. The van der Waals surface area contributed by atoms with Crippen LogP contribution in [0, 0.1) is 0 Å². The fraction of sp³-hybridized carbons (Fsp3) is 0.800. The maximum atomic E-state index is 3.70. The molecule has 0 aliphatic carbocycles. The second kappa shape index (κ2) is 11.1. The summed E-state index contributed by atoms with van der Waals surface area (Å²) in [7, 11) is 0. The van der Waals surface area contributed by atoms with Crippen LogP contribution < -0.4 is 5.32 Å². The lowest BCUT2D eigenvalue weighted by Crippen LogP contribution is -2.18. The second-order valence-corrected chi connectivity index (χ2v) is 3.87.